The van der Waals surface area contributed by atoms with Gasteiger partial charge in [0.1, 0.15) is 5.69 Å². The summed E-state index contributed by atoms with van der Waals surface area (Å²) >= 11 is 0. The standard InChI is InChI=1S/C15H19N3O2/c1-11-9-18(10-12(2)20-11)15(19)14-13(5-3-7-16)6-4-8-17-14/h4,6,8,11-12H,7,9-10,16H2,1-2H3/t11-,12+. The molecule has 0 unspecified atom stereocenters. The van der Waals surface area contributed by atoms with Gasteiger partial charge in [-0.3, -0.25) is 4.79 Å². The number of ether oxygens (including phenoxy) is 1. The van der Waals surface area contributed by atoms with Gasteiger partial charge in [0.2, 0.25) is 0 Å². The maximum absolute atomic E-state index is 12.6. The van der Waals surface area contributed by atoms with Crippen molar-refractivity contribution in [2.75, 3.05) is 19.6 Å². The molecule has 5 heteroatoms. The lowest BCUT2D eigenvalue weighted by Gasteiger charge is -2.35. The second kappa shape index (κ2) is 6.51. The molecule has 2 heterocycles. The number of pyridine rings is 1. The number of morpholine rings is 1. The summed E-state index contributed by atoms with van der Waals surface area (Å²) in [5.41, 5.74) is 6.38. The first-order valence-electron chi connectivity index (χ1n) is 6.70. The average Bonchev–Trinajstić information content (AvgIpc) is 2.43. The Kier molecular flexibility index (Phi) is 4.72. The number of hydrogen-bond acceptors (Lipinski definition) is 4. The van der Waals surface area contributed by atoms with Crippen LogP contribution in [-0.2, 0) is 4.74 Å². The molecule has 0 aromatic carbocycles. The summed E-state index contributed by atoms with van der Waals surface area (Å²) in [6, 6.07) is 3.55. The van der Waals surface area contributed by atoms with Crippen molar-refractivity contribution in [2.45, 2.75) is 26.1 Å². The molecule has 1 aliphatic rings. The summed E-state index contributed by atoms with van der Waals surface area (Å²) in [5.74, 6) is 5.56. The summed E-state index contributed by atoms with van der Waals surface area (Å²) < 4.78 is 5.64. The Morgan fingerprint density at radius 2 is 2.20 bits per heavy atom. The fourth-order valence-corrected chi connectivity index (χ4v) is 2.32. The van der Waals surface area contributed by atoms with E-state index in [0.717, 1.165) is 0 Å². The maximum Gasteiger partial charge on any atom is 0.273 e. The molecule has 1 amide bonds. The van der Waals surface area contributed by atoms with E-state index in [1.807, 2.05) is 13.8 Å². The molecule has 2 atom stereocenters. The van der Waals surface area contributed by atoms with Crippen LogP contribution in [-0.4, -0.2) is 47.6 Å². The van der Waals surface area contributed by atoms with Crippen molar-refractivity contribution in [3.8, 4) is 11.8 Å². The second-order valence-electron chi connectivity index (χ2n) is 4.87. The molecule has 0 bridgehead atoms. The summed E-state index contributed by atoms with van der Waals surface area (Å²) in [6.07, 6.45) is 1.67. The number of carbonyl (C=O) groups excluding carboxylic acids is 1. The number of carbonyl (C=O) groups is 1. The molecule has 2 rings (SSSR count). The molecule has 0 saturated carbocycles. The van der Waals surface area contributed by atoms with E-state index in [9.17, 15) is 4.79 Å². The predicted octanol–water partition coefficient (Wildman–Crippen LogP) is 0.641. The van der Waals surface area contributed by atoms with Gasteiger partial charge in [-0.1, -0.05) is 11.8 Å². The fraction of sp³-hybridized carbons (Fsp3) is 0.467. The summed E-state index contributed by atoms with van der Waals surface area (Å²) in [7, 11) is 0. The quantitative estimate of drug-likeness (QED) is 0.763. The molecule has 1 aromatic rings. The van der Waals surface area contributed by atoms with Gasteiger partial charge in [-0.25, -0.2) is 4.98 Å². The lowest BCUT2D eigenvalue weighted by Crippen LogP contribution is -2.48. The van der Waals surface area contributed by atoms with Gasteiger partial charge in [0, 0.05) is 19.3 Å². The van der Waals surface area contributed by atoms with Crippen molar-refractivity contribution < 1.29 is 9.53 Å². The summed E-state index contributed by atoms with van der Waals surface area (Å²) in [5, 5.41) is 0. The Morgan fingerprint density at radius 1 is 1.50 bits per heavy atom. The topological polar surface area (TPSA) is 68.5 Å². The van der Waals surface area contributed by atoms with Gasteiger partial charge in [-0.15, -0.1) is 0 Å². The van der Waals surface area contributed by atoms with E-state index in [1.54, 1.807) is 23.2 Å². The van der Waals surface area contributed by atoms with Gasteiger partial charge in [-0.2, -0.15) is 0 Å². The Bertz CT molecular complexity index is 538. The monoisotopic (exact) mass is 273 g/mol. The number of amides is 1. The highest BCUT2D eigenvalue weighted by Crippen LogP contribution is 2.15. The van der Waals surface area contributed by atoms with E-state index in [4.69, 9.17) is 10.5 Å². The van der Waals surface area contributed by atoms with Crippen molar-refractivity contribution in [3.63, 3.8) is 0 Å². The fourth-order valence-electron chi connectivity index (χ4n) is 2.32. The van der Waals surface area contributed by atoms with Crippen LogP contribution in [0.3, 0.4) is 0 Å². The van der Waals surface area contributed by atoms with E-state index in [0.29, 0.717) is 24.3 Å². The van der Waals surface area contributed by atoms with Gasteiger partial charge in [0.25, 0.3) is 5.91 Å². The minimum atomic E-state index is -0.103. The zero-order valence-electron chi connectivity index (χ0n) is 11.8. The number of nitrogens with zero attached hydrogens (tertiary/aromatic N) is 2. The van der Waals surface area contributed by atoms with Gasteiger partial charge >= 0.3 is 0 Å². The molecule has 0 spiro atoms. The molecular formula is C15H19N3O2. The van der Waals surface area contributed by atoms with Crippen LogP contribution in [0.5, 0.6) is 0 Å². The first-order chi connectivity index (χ1) is 9.61. The molecule has 5 nitrogen and oxygen atoms in total. The zero-order valence-corrected chi connectivity index (χ0v) is 11.8. The molecule has 1 fully saturated rings. The maximum atomic E-state index is 12.6. The summed E-state index contributed by atoms with van der Waals surface area (Å²) in [4.78, 5) is 18.5. The van der Waals surface area contributed by atoms with Crippen LogP contribution >= 0.6 is 0 Å². The largest absolute Gasteiger partial charge is 0.372 e. The van der Waals surface area contributed by atoms with Crippen LogP contribution < -0.4 is 5.73 Å². The number of nitrogens with two attached hydrogens (primary N) is 1. The highest BCUT2D eigenvalue weighted by Gasteiger charge is 2.28. The SMILES string of the molecule is C[C@@H]1CN(C(=O)c2ncccc2C#CCN)C[C@H](C)O1. The zero-order chi connectivity index (χ0) is 14.5. The molecule has 20 heavy (non-hydrogen) atoms. The van der Waals surface area contributed by atoms with E-state index >= 15 is 0 Å². The van der Waals surface area contributed by atoms with Crippen molar-refractivity contribution in [3.05, 3.63) is 29.6 Å². The third kappa shape index (κ3) is 3.35. The van der Waals surface area contributed by atoms with Crippen LogP contribution in [0.1, 0.15) is 29.9 Å². The lowest BCUT2D eigenvalue weighted by molar-refractivity contribution is -0.0587. The van der Waals surface area contributed by atoms with E-state index < -0.39 is 0 Å². The number of hydrogen-bond donors (Lipinski definition) is 1. The normalized spacial score (nSPS) is 22.1. The van der Waals surface area contributed by atoms with Gasteiger partial charge in [0.05, 0.1) is 24.3 Å². The van der Waals surface area contributed by atoms with Gasteiger partial charge < -0.3 is 15.4 Å². The van der Waals surface area contributed by atoms with E-state index in [2.05, 4.69) is 16.8 Å². The average molecular weight is 273 g/mol. The molecule has 106 valence electrons. The van der Waals surface area contributed by atoms with Crippen LogP contribution in [0.25, 0.3) is 0 Å². The van der Waals surface area contributed by atoms with Crippen molar-refractivity contribution >= 4 is 5.91 Å². The highest BCUT2D eigenvalue weighted by atomic mass is 16.5. The number of aromatic nitrogens is 1. The molecule has 1 aliphatic heterocycles. The van der Waals surface area contributed by atoms with Crippen LogP contribution in [0, 0.1) is 11.8 Å². The Labute approximate surface area is 119 Å². The lowest BCUT2D eigenvalue weighted by atomic mass is 10.1. The predicted molar refractivity (Wildman–Crippen MR) is 76.1 cm³/mol. The molecule has 0 radical (unpaired) electrons. The smallest absolute Gasteiger partial charge is 0.273 e. The van der Waals surface area contributed by atoms with E-state index in [-0.39, 0.29) is 24.7 Å². The van der Waals surface area contributed by atoms with Crippen molar-refractivity contribution in [1.29, 1.82) is 0 Å². The summed E-state index contributed by atoms with van der Waals surface area (Å²) in [6.45, 7) is 5.33. The molecule has 1 aromatic heterocycles. The van der Waals surface area contributed by atoms with Crippen LogP contribution in [0.15, 0.2) is 18.3 Å². The third-order valence-corrected chi connectivity index (χ3v) is 3.04. The Morgan fingerprint density at radius 3 is 2.85 bits per heavy atom. The Hall–Kier alpha value is -1.90. The van der Waals surface area contributed by atoms with Crippen molar-refractivity contribution in [2.24, 2.45) is 5.73 Å². The molecule has 0 aliphatic carbocycles. The first-order valence-corrected chi connectivity index (χ1v) is 6.70. The minimum absolute atomic E-state index is 0.0324. The minimum Gasteiger partial charge on any atom is -0.372 e. The third-order valence-electron chi connectivity index (χ3n) is 3.04. The van der Waals surface area contributed by atoms with Gasteiger partial charge in [0.15, 0.2) is 0 Å². The first kappa shape index (κ1) is 14.5. The molecular weight excluding hydrogens is 254 g/mol. The molecule has 2 N–H and O–H groups in total. The van der Waals surface area contributed by atoms with Crippen LogP contribution in [0.4, 0.5) is 0 Å². The number of rotatable bonds is 1. The molecule has 1 saturated heterocycles. The van der Waals surface area contributed by atoms with Crippen LogP contribution in [0.2, 0.25) is 0 Å². The second-order valence-corrected chi connectivity index (χ2v) is 4.87. The van der Waals surface area contributed by atoms with Gasteiger partial charge in [-0.05, 0) is 26.0 Å². The highest BCUT2D eigenvalue weighted by molar-refractivity contribution is 5.94. The Balaban J connectivity index is 2.24. The van der Waals surface area contributed by atoms with Crippen molar-refractivity contribution in [1.82, 2.24) is 9.88 Å². The van der Waals surface area contributed by atoms with E-state index in [1.165, 1.54) is 0 Å².